The molecular formula is C10H15N7O3. The molecule has 108 valence electrons. The van der Waals surface area contributed by atoms with Gasteiger partial charge in [-0.05, 0) is 0 Å². The van der Waals surface area contributed by atoms with E-state index in [9.17, 15) is 9.59 Å². The van der Waals surface area contributed by atoms with Crippen molar-refractivity contribution in [2.75, 3.05) is 13.2 Å². The van der Waals surface area contributed by atoms with Crippen molar-refractivity contribution in [3.8, 4) is 0 Å². The van der Waals surface area contributed by atoms with Gasteiger partial charge in [0.1, 0.15) is 18.7 Å². The number of amides is 1. The van der Waals surface area contributed by atoms with Gasteiger partial charge in [-0.1, -0.05) is 0 Å². The minimum absolute atomic E-state index is 0.0615. The van der Waals surface area contributed by atoms with E-state index in [2.05, 4.69) is 15.3 Å². The average molecular weight is 281 g/mol. The molecule has 7 N–H and O–H groups in total. The summed E-state index contributed by atoms with van der Waals surface area (Å²) in [6, 6.07) is -1.20. The van der Waals surface area contributed by atoms with E-state index < -0.39 is 23.8 Å². The van der Waals surface area contributed by atoms with Crippen molar-refractivity contribution in [2.45, 2.75) is 24.2 Å². The van der Waals surface area contributed by atoms with E-state index in [1.807, 2.05) is 0 Å². The molecule has 0 radical (unpaired) electrons. The van der Waals surface area contributed by atoms with Crippen molar-refractivity contribution in [2.24, 2.45) is 27.2 Å². The molecule has 0 aromatic carbocycles. The van der Waals surface area contributed by atoms with Gasteiger partial charge < -0.3 is 32.2 Å². The number of ketones is 1. The molecule has 0 saturated carbocycles. The second-order valence-electron chi connectivity index (χ2n) is 4.86. The third kappa shape index (κ3) is 1.50. The number of Topliss-reactive ketones (excluding diaryl/α,β-unsaturated/α-hetero) is 1. The molecule has 1 spiro atoms. The Bertz CT molecular complexity index is 545. The van der Waals surface area contributed by atoms with Crippen LogP contribution in [0.15, 0.2) is 9.98 Å². The largest absolute Gasteiger partial charge is 0.447 e. The molecule has 0 unspecified atom stereocenters. The second-order valence-corrected chi connectivity index (χ2v) is 4.86. The van der Waals surface area contributed by atoms with E-state index in [4.69, 9.17) is 21.9 Å². The number of hydrogen-bond acceptors (Lipinski definition) is 9. The Hall–Kier alpha value is -2.52. The van der Waals surface area contributed by atoms with E-state index in [0.29, 0.717) is 13.0 Å². The lowest BCUT2D eigenvalue weighted by Gasteiger charge is -2.43. The van der Waals surface area contributed by atoms with Gasteiger partial charge in [-0.25, -0.2) is 14.8 Å². The number of nitrogens with one attached hydrogen (secondary N) is 1. The van der Waals surface area contributed by atoms with Crippen LogP contribution in [-0.2, 0) is 9.53 Å². The van der Waals surface area contributed by atoms with Crippen LogP contribution in [0.2, 0.25) is 0 Å². The summed E-state index contributed by atoms with van der Waals surface area (Å²) in [5.74, 6) is 0.278. The highest BCUT2D eigenvalue weighted by atomic mass is 16.5. The SMILES string of the molecule is NC(=O)OC[C@@H]1N=C(N)N2CCC(=O)[C@@]23NC(N)=N[C@@H]13. The van der Waals surface area contributed by atoms with Gasteiger partial charge in [0.15, 0.2) is 17.7 Å². The normalized spacial score (nSPS) is 34.8. The standard InChI is InChI=1S/C10H15N7O3/c11-7-15-6-4(3-20-9(13)19)14-8(12)17-2-1-5(18)10(6,17)16-7/h4,6H,1-3H2,(H2,12,14)(H2,13,19)(H3,11,15,16)/t4-,6-,10+/m0/s1. The maximum atomic E-state index is 12.3. The van der Waals surface area contributed by atoms with E-state index in [-0.39, 0.29) is 24.3 Å². The molecular weight excluding hydrogens is 266 g/mol. The first-order valence-electron chi connectivity index (χ1n) is 6.13. The van der Waals surface area contributed by atoms with Crippen LogP contribution in [0.4, 0.5) is 4.79 Å². The Kier molecular flexibility index (Phi) is 2.49. The third-order valence-electron chi connectivity index (χ3n) is 3.77. The van der Waals surface area contributed by atoms with Gasteiger partial charge in [0.25, 0.3) is 0 Å². The highest BCUT2D eigenvalue weighted by molar-refractivity contribution is 6.03. The molecule has 3 rings (SSSR count). The van der Waals surface area contributed by atoms with Crippen LogP contribution < -0.4 is 22.5 Å². The van der Waals surface area contributed by atoms with Crippen LogP contribution in [0.25, 0.3) is 0 Å². The molecule has 0 bridgehead atoms. The van der Waals surface area contributed by atoms with Crippen LogP contribution in [0.5, 0.6) is 0 Å². The number of hydrogen-bond donors (Lipinski definition) is 4. The lowest BCUT2D eigenvalue weighted by atomic mass is 9.90. The number of nitrogens with zero attached hydrogens (tertiary/aromatic N) is 3. The number of carbonyl (C=O) groups is 2. The van der Waals surface area contributed by atoms with Gasteiger partial charge in [-0.3, -0.25) is 4.79 Å². The number of ether oxygens (including phenoxy) is 1. The quantitative estimate of drug-likeness (QED) is 0.420. The monoisotopic (exact) mass is 281 g/mol. The molecule has 1 fully saturated rings. The summed E-state index contributed by atoms with van der Waals surface area (Å²) in [6.07, 6.45) is -0.595. The Balaban J connectivity index is 1.97. The van der Waals surface area contributed by atoms with Crippen molar-refractivity contribution in [1.29, 1.82) is 0 Å². The third-order valence-corrected chi connectivity index (χ3v) is 3.77. The fraction of sp³-hybridized carbons (Fsp3) is 0.600. The van der Waals surface area contributed by atoms with Gasteiger partial charge in [-0.15, -0.1) is 0 Å². The Labute approximate surface area is 114 Å². The van der Waals surface area contributed by atoms with Crippen molar-refractivity contribution in [1.82, 2.24) is 10.2 Å². The Morgan fingerprint density at radius 1 is 1.50 bits per heavy atom. The molecule has 0 aliphatic carbocycles. The van der Waals surface area contributed by atoms with Crippen molar-refractivity contribution < 1.29 is 14.3 Å². The van der Waals surface area contributed by atoms with Crippen LogP contribution in [0.3, 0.4) is 0 Å². The molecule has 3 aliphatic rings. The summed E-state index contributed by atoms with van der Waals surface area (Å²) < 4.78 is 4.76. The summed E-state index contributed by atoms with van der Waals surface area (Å²) in [7, 11) is 0. The van der Waals surface area contributed by atoms with E-state index in [1.165, 1.54) is 0 Å². The summed E-state index contributed by atoms with van der Waals surface area (Å²) in [6.45, 7) is 0.339. The number of nitrogens with two attached hydrogens (primary N) is 3. The molecule has 10 heteroatoms. The molecule has 3 heterocycles. The van der Waals surface area contributed by atoms with E-state index in [0.717, 1.165) is 0 Å². The smallest absolute Gasteiger partial charge is 0.404 e. The first-order valence-corrected chi connectivity index (χ1v) is 6.13. The molecule has 0 aromatic heterocycles. The molecule has 0 aromatic rings. The predicted molar refractivity (Wildman–Crippen MR) is 68.6 cm³/mol. The number of rotatable bonds is 2. The average Bonchev–Trinajstić information content (AvgIpc) is 2.88. The lowest BCUT2D eigenvalue weighted by Crippen LogP contribution is -2.71. The summed E-state index contributed by atoms with van der Waals surface area (Å²) >= 11 is 0. The van der Waals surface area contributed by atoms with Crippen molar-refractivity contribution in [3.05, 3.63) is 0 Å². The first-order chi connectivity index (χ1) is 9.45. The Morgan fingerprint density at radius 3 is 2.95 bits per heavy atom. The number of guanidine groups is 2. The topological polar surface area (TPSA) is 161 Å². The summed E-state index contributed by atoms with van der Waals surface area (Å²) in [4.78, 5) is 33.2. The van der Waals surface area contributed by atoms with Gasteiger partial charge in [0.2, 0.25) is 5.66 Å². The highest BCUT2D eigenvalue weighted by Gasteiger charge is 2.62. The molecule has 3 atom stereocenters. The second kappa shape index (κ2) is 3.99. The van der Waals surface area contributed by atoms with Crippen LogP contribution in [0.1, 0.15) is 6.42 Å². The minimum Gasteiger partial charge on any atom is -0.447 e. The molecule has 10 nitrogen and oxygen atoms in total. The van der Waals surface area contributed by atoms with Gasteiger partial charge in [0.05, 0.1) is 0 Å². The number of carbonyl (C=O) groups excluding carboxylic acids is 2. The van der Waals surface area contributed by atoms with E-state index >= 15 is 0 Å². The Morgan fingerprint density at radius 2 is 2.25 bits per heavy atom. The zero-order valence-corrected chi connectivity index (χ0v) is 10.6. The number of primary amides is 1. The van der Waals surface area contributed by atoms with Crippen molar-refractivity contribution in [3.63, 3.8) is 0 Å². The molecule has 1 amide bonds. The summed E-state index contributed by atoms with van der Waals surface area (Å²) in [5.41, 5.74) is 15.4. The highest BCUT2D eigenvalue weighted by Crippen LogP contribution is 2.37. The van der Waals surface area contributed by atoms with E-state index in [1.54, 1.807) is 4.90 Å². The fourth-order valence-corrected chi connectivity index (χ4v) is 3.00. The predicted octanol–water partition coefficient (Wildman–Crippen LogP) is -2.96. The van der Waals surface area contributed by atoms with Gasteiger partial charge >= 0.3 is 6.09 Å². The molecule has 20 heavy (non-hydrogen) atoms. The minimum atomic E-state index is -1.11. The number of aliphatic imine (C=N–C) groups is 2. The first kappa shape index (κ1) is 12.5. The lowest BCUT2D eigenvalue weighted by molar-refractivity contribution is -0.126. The molecule has 3 aliphatic heterocycles. The fourth-order valence-electron chi connectivity index (χ4n) is 3.00. The van der Waals surface area contributed by atoms with Crippen LogP contribution >= 0.6 is 0 Å². The van der Waals surface area contributed by atoms with Gasteiger partial charge in [-0.2, -0.15) is 0 Å². The maximum absolute atomic E-state index is 12.3. The summed E-state index contributed by atoms with van der Waals surface area (Å²) in [5, 5.41) is 2.90. The van der Waals surface area contributed by atoms with Crippen LogP contribution in [-0.4, -0.2) is 59.6 Å². The molecule has 1 saturated heterocycles. The van der Waals surface area contributed by atoms with Crippen molar-refractivity contribution >= 4 is 23.8 Å². The van der Waals surface area contributed by atoms with Gasteiger partial charge in [0, 0.05) is 13.0 Å². The zero-order valence-electron chi connectivity index (χ0n) is 10.6. The maximum Gasteiger partial charge on any atom is 0.404 e. The van der Waals surface area contributed by atoms with Crippen LogP contribution in [0, 0.1) is 0 Å². The zero-order chi connectivity index (χ0) is 14.5.